The smallest absolute Gasteiger partial charge is 0.236 e. The molecule has 39 valence electrons. The van der Waals surface area contributed by atoms with Crippen molar-refractivity contribution in [2.45, 2.75) is 13.8 Å². The molecule has 0 saturated carbocycles. The van der Waals surface area contributed by atoms with E-state index in [1.54, 1.807) is 6.92 Å². The summed E-state index contributed by atoms with van der Waals surface area (Å²) in [4.78, 5) is 9.96. The van der Waals surface area contributed by atoms with E-state index in [1.807, 2.05) is 0 Å². The van der Waals surface area contributed by atoms with Crippen LogP contribution in [0.2, 0.25) is 0 Å². The molecule has 0 aromatic carbocycles. The lowest BCUT2D eigenvalue weighted by Crippen LogP contribution is -2.11. The van der Waals surface area contributed by atoms with Gasteiger partial charge >= 0.3 is 0 Å². The van der Waals surface area contributed by atoms with Gasteiger partial charge in [0.25, 0.3) is 0 Å². The van der Waals surface area contributed by atoms with Crippen LogP contribution >= 0.6 is 0 Å². The highest BCUT2D eigenvalue weighted by Crippen LogP contribution is 1.56. The first-order chi connectivity index (χ1) is 3.27. The molecule has 0 atom stereocenters. The van der Waals surface area contributed by atoms with E-state index in [4.69, 9.17) is 0 Å². The SMILES string of the molecule is C/[C]=N\NC(C)=O. The highest BCUT2D eigenvalue weighted by molar-refractivity contribution is 5.73. The third-order valence-electron chi connectivity index (χ3n) is 0.325. The number of hydrogen-bond donors (Lipinski definition) is 1. The van der Waals surface area contributed by atoms with Crippen LogP contribution in [0.3, 0.4) is 0 Å². The summed E-state index contributed by atoms with van der Waals surface area (Å²) in [5.41, 5.74) is 2.17. The van der Waals surface area contributed by atoms with Crippen LogP contribution < -0.4 is 5.43 Å². The van der Waals surface area contributed by atoms with Crippen molar-refractivity contribution in [3.05, 3.63) is 0 Å². The zero-order valence-corrected chi connectivity index (χ0v) is 4.36. The summed E-state index contributed by atoms with van der Waals surface area (Å²) in [6, 6.07) is 0. The van der Waals surface area contributed by atoms with E-state index in [9.17, 15) is 4.79 Å². The molecule has 0 unspecified atom stereocenters. The minimum Gasteiger partial charge on any atom is -0.274 e. The lowest BCUT2D eigenvalue weighted by atomic mass is 10.8. The largest absolute Gasteiger partial charge is 0.274 e. The number of nitrogens with zero attached hydrogens (tertiary/aromatic N) is 1. The second kappa shape index (κ2) is 3.33. The maximum Gasteiger partial charge on any atom is 0.236 e. The van der Waals surface area contributed by atoms with Crippen LogP contribution in [0.4, 0.5) is 0 Å². The first-order valence-corrected chi connectivity index (χ1v) is 1.90. The molecule has 1 N–H and O–H groups in total. The van der Waals surface area contributed by atoms with Crippen LogP contribution in [0, 0.1) is 0 Å². The average molecular weight is 99.1 g/mol. The summed E-state index contributed by atoms with van der Waals surface area (Å²) < 4.78 is 0. The minimum atomic E-state index is -0.172. The van der Waals surface area contributed by atoms with Gasteiger partial charge in [-0.1, -0.05) is 0 Å². The molecule has 0 bridgehead atoms. The first-order valence-electron chi connectivity index (χ1n) is 1.90. The van der Waals surface area contributed by atoms with Crippen LogP contribution in [0.25, 0.3) is 0 Å². The van der Waals surface area contributed by atoms with E-state index in [0.717, 1.165) is 0 Å². The third-order valence-corrected chi connectivity index (χ3v) is 0.325. The Balaban J connectivity index is 3.14. The van der Waals surface area contributed by atoms with Crippen LogP contribution in [-0.4, -0.2) is 12.1 Å². The van der Waals surface area contributed by atoms with E-state index < -0.39 is 0 Å². The summed E-state index contributed by atoms with van der Waals surface area (Å²) in [5.74, 6) is -0.172. The van der Waals surface area contributed by atoms with Gasteiger partial charge in [0.15, 0.2) is 0 Å². The van der Waals surface area contributed by atoms with Crippen LogP contribution in [0.15, 0.2) is 5.10 Å². The van der Waals surface area contributed by atoms with Crippen LogP contribution in [-0.2, 0) is 4.79 Å². The Hall–Kier alpha value is -0.860. The molecule has 0 spiro atoms. The summed E-state index contributed by atoms with van der Waals surface area (Å²) in [5, 5.41) is 3.32. The van der Waals surface area contributed by atoms with Crippen molar-refractivity contribution in [2.75, 3.05) is 0 Å². The fraction of sp³-hybridized carbons (Fsp3) is 0.500. The predicted molar refractivity (Wildman–Crippen MR) is 26.9 cm³/mol. The molecule has 0 aromatic heterocycles. The Morgan fingerprint density at radius 3 is 2.57 bits per heavy atom. The molecular weight excluding hydrogens is 92.1 g/mol. The fourth-order valence-electron chi connectivity index (χ4n) is 0.135. The quantitative estimate of drug-likeness (QED) is 0.365. The molecule has 0 saturated heterocycles. The number of hydrogen-bond acceptors (Lipinski definition) is 2. The normalized spacial score (nSPS) is 9.43. The van der Waals surface area contributed by atoms with Gasteiger partial charge in [0, 0.05) is 6.92 Å². The van der Waals surface area contributed by atoms with Crippen molar-refractivity contribution >= 4 is 12.1 Å². The van der Waals surface area contributed by atoms with Crippen molar-refractivity contribution < 1.29 is 4.79 Å². The average Bonchev–Trinajstić information content (AvgIpc) is 1.61. The van der Waals surface area contributed by atoms with E-state index >= 15 is 0 Å². The number of nitrogens with one attached hydrogen (secondary N) is 1. The van der Waals surface area contributed by atoms with Gasteiger partial charge < -0.3 is 0 Å². The van der Waals surface area contributed by atoms with Crippen LogP contribution in [0.5, 0.6) is 0 Å². The Morgan fingerprint density at radius 2 is 2.43 bits per heavy atom. The van der Waals surface area contributed by atoms with E-state index in [-0.39, 0.29) is 5.91 Å². The zero-order chi connectivity index (χ0) is 5.70. The van der Waals surface area contributed by atoms with Crippen molar-refractivity contribution in [1.29, 1.82) is 0 Å². The predicted octanol–water partition coefficient (Wildman–Crippen LogP) is 0.00520. The number of rotatable bonds is 1. The lowest BCUT2D eigenvalue weighted by molar-refractivity contribution is -0.118. The number of carbonyl (C=O) groups is 1. The second-order valence-electron chi connectivity index (χ2n) is 1.00. The molecule has 0 aliphatic carbocycles. The first kappa shape index (κ1) is 6.14. The molecule has 0 fully saturated rings. The van der Waals surface area contributed by atoms with Gasteiger partial charge in [0.05, 0.1) is 6.21 Å². The standard InChI is InChI=1S/C4H7N2O/c1-3-5-6-4(2)7/h1-2H3,(H,6,7). The molecule has 0 aliphatic heterocycles. The van der Waals surface area contributed by atoms with Crippen LogP contribution in [0.1, 0.15) is 13.8 Å². The summed E-state index contributed by atoms with van der Waals surface area (Å²) >= 11 is 0. The maximum atomic E-state index is 9.96. The second-order valence-corrected chi connectivity index (χ2v) is 1.00. The number of hydrazone groups is 1. The van der Waals surface area contributed by atoms with Gasteiger partial charge in [-0.3, -0.25) is 4.79 Å². The fourth-order valence-corrected chi connectivity index (χ4v) is 0.135. The molecule has 3 heteroatoms. The monoisotopic (exact) mass is 99.1 g/mol. The van der Waals surface area contributed by atoms with Crippen molar-refractivity contribution in [3.8, 4) is 0 Å². The van der Waals surface area contributed by atoms with Gasteiger partial charge in [0.1, 0.15) is 0 Å². The number of amides is 1. The molecule has 0 heterocycles. The summed E-state index contributed by atoms with van der Waals surface area (Å²) in [7, 11) is 0. The van der Waals surface area contributed by atoms with Crippen molar-refractivity contribution in [1.82, 2.24) is 5.43 Å². The molecular formula is C4H7N2O. The Bertz CT molecular complexity index is 87.7. The highest BCUT2D eigenvalue weighted by atomic mass is 16.2. The van der Waals surface area contributed by atoms with E-state index in [0.29, 0.717) is 0 Å². The minimum absolute atomic E-state index is 0.172. The molecule has 7 heavy (non-hydrogen) atoms. The van der Waals surface area contributed by atoms with Crippen molar-refractivity contribution in [3.63, 3.8) is 0 Å². The highest BCUT2D eigenvalue weighted by Gasteiger charge is 1.78. The Kier molecular flexibility index (Phi) is 2.92. The molecule has 0 aromatic rings. The lowest BCUT2D eigenvalue weighted by Gasteiger charge is -1.84. The molecule has 0 aliphatic rings. The topological polar surface area (TPSA) is 41.5 Å². The maximum absolute atomic E-state index is 9.96. The van der Waals surface area contributed by atoms with E-state index in [1.165, 1.54) is 6.92 Å². The van der Waals surface area contributed by atoms with E-state index in [2.05, 4.69) is 16.7 Å². The zero-order valence-electron chi connectivity index (χ0n) is 4.36. The Labute approximate surface area is 42.4 Å². The van der Waals surface area contributed by atoms with Gasteiger partial charge in [-0.15, -0.1) is 0 Å². The van der Waals surface area contributed by atoms with Crippen molar-refractivity contribution in [2.24, 2.45) is 5.10 Å². The Morgan fingerprint density at radius 1 is 1.86 bits per heavy atom. The third kappa shape index (κ3) is 5.14. The number of carbonyl (C=O) groups excluding carboxylic acids is 1. The summed E-state index contributed by atoms with van der Waals surface area (Å²) in [6.45, 7) is 3.00. The summed E-state index contributed by atoms with van der Waals surface area (Å²) in [6.07, 6.45) is 2.39. The van der Waals surface area contributed by atoms with Gasteiger partial charge in [-0.2, -0.15) is 5.10 Å². The van der Waals surface area contributed by atoms with Gasteiger partial charge in [0.2, 0.25) is 5.91 Å². The van der Waals surface area contributed by atoms with Gasteiger partial charge in [-0.05, 0) is 6.92 Å². The molecule has 1 radical (unpaired) electrons. The molecule has 0 rings (SSSR count). The van der Waals surface area contributed by atoms with Gasteiger partial charge in [-0.25, -0.2) is 5.43 Å². The molecule has 3 nitrogen and oxygen atoms in total. The molecule has 1 amide bonds.